The number of carboxylic acids is 1. The number of carbonyl (C=O) groups excluding carboxylic acids is 1. The molecule has 1 aromatic carbocycles. The van der Waals surface area contributed by atoms with Gasteiger partial charge in [0, 0.05) is 11.1 Å². The zero-order valence-electron chi connectivity index (χ0n) is 9.77. The molecular formula is C13H12O5. The van der Waals surface area contributed by atoms with Crippen molar-refractivity contribution in [3.05, 3.63) is 40.7 Å². The molecule has 5 heteroatoms. The lowest BCUT2D eigenvalue weighted by Gasteiger charge is -2.18. The molecule has 5 nitrogen and oxygen atoms in total. The lowest BCUT2D eigenvalue weighted by Crippen LogP contribution is -2.18. The van der Waals surface area contributed by atoms with E-state index in [-0.39, 0.29) is 12.0 Å². The number of ether oxygens (including phenoxy) is 1. The van der Waals surface area contributed by atoms with Gasteiger partial charge in [-0.15, -0.1) is 0 Å². The number of aliphatic hydroxyl groups excluding tert-OH is 1. The van der Waals surface area contributed by atoms with Crippen LogP contribution in [-0.2, 0) is 11.2 Å². The zero-order valence-corrected chi connectivity index (χ0v) is 9.77. The number of rotatable bonds is 2. The van der Waals surface area contributed by atoms with Crippen LogP contribution >= 0.6 is 0 Å². The molecule has 1 aliphatic carbocycles. The van der Waals surface area contributed by atoms with Gasteiger partial charge in [0.25, 0.3) is 0 Å². The number of benzene rings is 1. The summed E-state index contributed by atoms with van der Waals surface area (Å²) in [6.07, 6.45) is 0.724. The van der Waals surface area contributed by atoms with Crippen LogP contribution in [-0.4, -0.2) is 29.1 Å². The van der Waals surface area contributed by atoms with Gasteiger partial charge >= 0.3 is 5.97 Å². The predicted octanol–water partition coefficient (Wildman–Crippen LogP) is 1.72. The third-order valence-corrected chi connectivity index (χ3v) is 2.96. The first-order valence-corrected chi connectivity index (χ1v) is 5.41. The zero-order chi connectivity index (χ0) is 13.3. The van der Waals surface area contributed by atoms with Gasteiger partial charge in [-0.1, -0.05) is 0 Å². The minimum atomic E-state index is -1.48. The Labute approximate surface area is 103 Å². The van der Waals surface area contributed by atoms with Crippen molar-refractivity contribution >= 4 is 11.8 Å². The number of Topliss-reactive ketones (excluding diaryl/α,β-unsaturated/α-hetero) is 1. The van der Waals surface area contributed by atoms with Gasteiger partial charge in [-0.05, 0) is 36.6 Å². The van der Waals surface area contributed by atoms with Crippen molar-refractivity contribution in [2.24, 2.45) is 0 Å². The number of allylic oxidation sites excluding steroid dienone is 1. The molecule has 1 aromatic rings. The molecule has 94 valence electrons. The molecule has 0 fully saturated rings. The minimum Gasteiger partial charge on any atom is -0.502 e. The van der Waals surface area contributed by atoms with Crippen LogP contribution in [0.1, 0.15) is 22.3 Å². The fraction of sp³-hybridized carbons (Fsp3) is 0.231. The Morgan fingerprint density at radius 3 is 2.61 bits per heavy atom. The van der Waals surface area contributed by atoms with Crippen LogP contribution in [0.25, 0.3) is 0 Å². The standard InChI is InChI=1S/C13H12O5/c1-18-8-3-5-9-7(6-8)2-4-10(11(9)14)12(15)13(16)17/h3,5-6,15H,2,4H2,1H3,(H,16,17). The summed E-state index contributed by atoms with van der Waals surface area (Å²) in [5.41, 5.74) is 1.19. The molecule has 2 rings (SSSR count). The molecule has 0 spiro atoms. The van der Waals surface area contributed by atoms with E-state index in [2.05, 4.69) is 0 Å². The van der Waals surface area contributed by atoms with Gasteiger partial charge in [0.1, 0.15) is 5.75 Å². The van der Waals surface area contributed by atoms with E-state index in [0.29, 0.717) is 17.7 Å². The third-order valence-electron chi connectivity index (χ3n) is 2.96. The summed E-state index contributed by atoms with van der Waals surface area (Å²) in [4.78, 5) is 22.7. The quantitative estimate of drug-likeness (QED) is 0.615. The third kappa shape index (κ3) is 1.95. The Balaban J connectivity index is 2.47. The van der Waals surface area contributed by atoms with Crippen molar-refractivity contribution in [1.82, 2.24) is 0 Å². The molecule has 0 saturated heterocycles. The molecule has 2 N–H and O–H groups in total. The molecule has 1 aliphatic rings. The highest BCUT2D eigenvalue weighted by molar-refractivity contribution is 6.13. The van der Waals surface area contributed by atoms with E-state index in [1.54, 1.807) is 18.2 Å². The maximum atomic E-state index is 12.0. The smallest absolute Gasteiger partial charge is 0.371 e. The maximum absolute atomic E-state index is 12.0. The number of hydrogen-bond acceptors (Lipinski definition) is 4. The molecule has 0 amide bonds. The molecule has 0 radical (unpaired) electrons. The molecule has 0 aromatic heterocycles. The number of aliphatic hydroxyl groups is 1. The van der Waals surface area contributed by atoms with E-state index in [4.69, 9.17) is 9.84 Å². The van der Waals surface area contributed by atoms with Gasteiger partial charge in [-0.25, -0.2) is 4.79 Å². The predicted molar refractivity (Wildman–Crippen MR) is 62.9 cm³/mol. The summed E-state index contributed by atoms with van der Waals surface area (Å²) in [5, 5.41) is 18.1. The Morgan fingerprint density at radius 2 is 2.00 bits per heavy atom. The van der Waals surface area contributed by atoms with Crippen molar-refractivity contribution < 1.29 is 24.5 Å². The fourth-order valence-electron chi connectivity index (χ4n) is 2.02. The van der Waals surface area contributed by atoms with Gasteiger partial charge < -0.3 is 14.9 Å². The molecule has 0 atom stereocenters. The topological polar surface area (TPSA) is 83.8 Å². The Kier molecular flexibility index (Phi) is 3.06. The molecule has 18 heavy (non-hydrogen) atoms. The number of aliphatic carboxylic acids is 1. The summed E-state index contributed by atoms with van der Waals surface area (Å²) >= 11 is 0. The first-order valence-electron chi connectivity index (χ1n) is 5.41. The van der Waals surface area contributed by atoms with Crippen LogP contribution in [0.3, 0.4) is 0 Å². The lowest BCUT2D eigenvalue weighted by molar-refractivity contribution is -0.135. The monoisotopic (exact) mass is 248 g/mol. The number of carboxylic acid groups (broad SMARTS) is 1. The highest BCUT2D eigenvalue weighted by Gasteiger charge is 2.27. The number of methoxy groups -OCH3 is 1. The second-order valence-corrected chi connectivity index (χ2v) is 3.98. The Morgan fingerprint density at radius 1 is 1.28 bits per heavy atom. The minimum absolute atomic E-state index is 0.0415. The first-order chi connectivity index (χ1) is 8.54. The summed E-state index contributed by atoms with van der Waals surface area (Å²) in [5.74, 6) is -2.12. The number of ketones is 1. The van der Waals surface area contributed by atoms with Crippen LogP contribution in [0.2, 0.25) is 0 Å². The van der Waals surface area contributed by atoms with E-state index < -0.39 is 17.5 Å². The number of fused-ring (bicyclic) bond motifs is 1. The van der Waals surface area contributed by atoms with Gasteiger partial charge in [-0.3, -0.25) is 4.79 Å². The summed E-state index contributed by atoms with van der Waals surface area (Å²) in [6, 6.07) is 4.98. The molecule has 0 aliphatic heterocycles. The molecular weight excluding hydrogens is 236 g/mol. The average molecular weight is 248 g/mol. The number of aryl methyl sites for hydroxylation is 1. The Hall–Kier alpha value is -2.30. The highest BCUT2D eigenvalue weighted by atomic mass is 16.5. The lowest BCUT2D eigenvalue weighted by atomic mass is 9.86. The van der Waals surface area contributed by atoms with Crippen molar-refractivity contribution in [1.29, 1.82) is 0 Å². The summed E-state index contributed by atoms with van der Waals surface area (Å²) < 4.78 is 5.06. The Bertz CT molecular complexity index is 557. The summed E-state index contributed by atoms with van der Waals surface area (Å²) in [6.45, 7) is 0. The van der Waals surface area contributed by atoms with Crippen molar-refractivity contribution in [3.8, 4) is 5.75 Å². The maximum Gasteiger partial charge on any atom is 0.371 e. The molecule has 0 unspecified atom stereocenters. The van der Waals surface area contributed by atoms with E-state index in [9.17, 15) is 14.7 Å². The van der Waals surface area contributed by atoms with Crippen molar-refractivity contribution in [2.45, 2.75) is 12.8 Å². The largest absolute Gasteiger partial charge is 0.502 e. The van der Waals surface area contributed by atoms with Crippen LogP contribution in [0.4, 0.5) is 0 Å². The van der Waals surface area contributed by atoms with Gasteiger partial charge in [0.2, 0.25) is 5.76 Å². The highest BCUT2D eigenvalue weighted by Crippen LogP contribution is 2.29. The molecule has 0 bridgehead atoms. The number of hydrogen-bond donors (Lipinski definition) is 2. The average Bonchev–Trinajstić information content (AvgIpc) is 2.37. The SMILES string of the molecule is COc1ccc2c(c1)CCC(=C(O)C(=O)O)C2=O. The first kappa shape index (κ1) is 12.2. The normalized spacial score (nSPS) is 17.1. The van der Waals surface area contributed by atoms with E-state index in [0.717, 1.165) is 5.56 Å². The van der Waals surface area contributed by atoms with Crippen LogP contribution in [0, 0.1) is 0 Å². The van der Waals surface area contributed by atoms with E-state index >= 15 is 0 Å². The van der Waals surface area contributed by atoms with Gasteiger partial charge in [0.15, 0.2) is 5.78 Å². The van der Waals surface area contributed by atoms with Crippen LogP contribution in [0.15, 0.2) is 29.5 Å². The van der Waals surface area contributed by atoms with Crippen molar-refractivity contribution in [3.63, 3.8) is 0 Å². The molecule has 0 heterocycles. The van der Waals surface area contributed by atoms with Crippen molar-refractivity contribution in [2.75, 3.05) is 7.11 Å². The second kappa shape index (κ2) is 4.52. The summed E-state index contributed by atoms with van der Waals surface area (Å²) in [7, 11) is 1.54. The van der Waals surface area contributed by atoms with Crippen LogP contribution in [0.5, 0.6) is 5.75 Å². The van der Waals surface area contributed by atoms with E-state index in [1.165, 1.54) is 7.11 Å². The fourth-order valence-corrected chi connectivity index (χ4v) is 2.02. The second-order valence-electron chi connectivity index (χ2n) is 3.98. The van der Waals surface area contributed by atoms with Gasteiger partial charge in [-0.2, -0.15) is 0 Å². The number of carbonyl (C=O) groups is 2. The molecule has 0 saturated carbocycles. The van der Waals surface area contributed by atoms with Gasteiger partial charge in [0.05, 0.1) is 7.11 Å². The van der Waals surface area contributed by atoms with E-state index in [1.807, 2.05) is 0 Å². The van der Waals surface area contributed by atoms with Crippen LogP contribution < -0.4 is 4.74 Å².